The van der Waals surface area contributed by atoms with Gasteiger partial charge >= 0.3 is 0 Å². The van der Waals surface area contributed by atoms with Crippen LogP contribution in [0.5, 0.6) is 0 Å². The summed E-state index contributed by atoms with van der Waals surface area (Å²) >= 11 is 1.36. The molecule has 0 fully saturated rings. The van der Waals surface area contributed by atoms with Crippen molar-refractivity contribution in [2.75, 3.05) is 12.4 Å². The maximum Gasteiger partial charge on any atom is 0.185 e. The number of aliphatic hydroxyl groups is 1. The van der Waals surface area contributed by atoms with Crippen LogP contribution in [0.15, 0.2) is 0 Å². The summed E-state index contributed by atoms with van der Waals surface area (Å²) in [4.78, 5) is 10.6. The molecule has 0 aliphatic carbocycles. The Hall–Kier alpha value is -0.0200. The van der Waals surface area contributed by atoms with Gasteiger partial charge in [-0.05, 0) is 18.3 Å². The second kappa shape index (κ2) is 5.60. The van der Waals surface area contributed by atoms with Crippen molar-refractivity contribution in [2.45, 2.75) is 33.6 Å². The number of thioether (sulfide) groups is 1. The Balaban J connectivity index is 3.37. The summed E-state index contributed by atoms with van der Waals surface area (Å²) in [5, 5.41) is 9.11. The predicted molar refractivity (Wildman–Crippen MR) is 53.2 cm³/mol. The second-order valence-electron chi connectivity index (χ2n) is 3.77. The van der Waals surface area contributed by atoms with Crippen LogP contribution in [-0.2, 0) is 4.79 Å². The first-order chi connectivity index (χ1) is 5.48. The zero-order valence-electron chi connectivity index (χ0n) is 8.09. The molecule has 0 amide bonds. The van der Waals surface area contributed by atoms with Gasteiger partial charge in [-0.1, -0.05) is 25.6 Å². The van der Waals surface area contributed by atoms with Crippen molar-refractivity contribution >= 4 is 16.9 Å². The van der Waals surface area contributed by atoms with Crippen molar-refractivity contribution in [3.8, 4) is 0 Å². The SMILES string of the molecule is CC(=O)SCCCC(C)(C)CO. The van der Waals surface area contributed by atoms with E-state index >= 15 is 0 Å². The third kappa shape index (κ3) is 6.68. The Morgan fingerprint density at radius 3 is 2.50 bits per heavy atom. The maximum absolute atomic E-state index is 10.6. The average Bonchev–Trinajstić information content (AvgIpc) is 1.98. The van der Waals surface area contributed by atoms with Gasteiger partial charge in [0, 0.05) is 19.3 Å². The smallest absolute Gasteiger partial charge is 0.185 e. The molecule has 72 valence electrons. The summed E-state index contributed by atoms with van der Waals surface area (Å²) in [6.07, 6.45) is 1.97. The van der Waals surface area contributed by atoms with Gasteiger partial charge < -0.3 is 5.11 Å². The summed E-state index contributed by atoms with van der Waals surface area (Å²) < 4.78 is 0. The fourth-order valence-electron chi connectivity index (χ4n) is 0.846. The third-order valence-corrected chi connectivity index (χ3v) is 2.63. The summed E-state index contributed by atoms with van der Waals surface area (Å²) in [7, 11) is 0. The van der Waals surface area contributed by atoms with Gasteiger partial charge in [-0.25, -0.2) is 0 Å². The predicted octanol–water partition coefficient (Wildman–Crippen LogP) is 2.06. The van der Waals surface area contributed by atoms with Crippen molar-refractivity contribution in [3.63, 3.8) is 0 Å². The van der Waals surface area contributed by atoms with E-state index in [1.165, 1.54) is 11.8 Å². The maximum atomic E-state index is 10.6. The molecule has 0 radical (unpaired) electrons. The zero-order valence-corrected chi connectivity index (χ0v) is 8.91. The molecule has 0 aromatic heterocycles. The number of hydrogen-bond donors (Lipinski definition) is 1. The van der Waals surface area contributed by atoms with E-state index in [-0.39, 0.29) is 17.1 Å². The van der Waals surface area contributed by atoms with Gasteiger partial charge in [0.15, 0.2) is 5.12 Å². The van der Waals surface area contributed by atoms with Crippen molar-refractivity contribution in [2.24, 2.45) is 5.41 Å². The summed E-state index contributed by atoms with van der Waals surface area (Å²) in [5.41, 5.74) is 0.0113. The topological polar surface area (TPSA) is 37.3 Å². The Kier molecular flexibility index (Phi) is 5.59. The molecule has 0 aromatic rings. The van der Waals surface area contributed by atoms with Crippen LogP contribution in [0.4, 0.5) is 0 Å². The average molecular weight is 190 g/mol. The zero-order chi connectivity index (χ0) is 9.61. The standard InChI is InChI=1S/C9H18O2S/c1-8(11)12-6-4-5-9(2,3)7-10/h10H,4-7H2,1-3H3. The van der Waals surface area contributed by atoms with E-state index in [1.807, 2.05) is 13.8 Å². The molecule has 0 rings (SSSR count). The highest BCUT2D eigenvalue weighted by molar-refractivity contribution is 8.13. The van der Waals surface area contributed by atoms with E-state index in [4.69, 9.17) is 5.11 Å². The number of carbonyl (C=O) groups is 1. The lowest BCUT2D eigenvalue weighted by Gasteiger charge is -2.20. The van der Waals surface area contributed by atoms with Crippen molar-refractivity contribution in [3.05, 3.63) is 0 Å². The fraction of sp³-hybridized carbons (Fsp3) is 0.889. The van der Waals surface area contributed by atoms with Crippen molar-refractivity contribution in [1.82, 2.24) is 0 Å². The highest BCUT2D eigenvalue weighted by Gasteiger charge is 2.15. The fourth-order valence-corrected chi connectivity index (χ4v) is 1.42. The molecule has 0 spiro atoms. The van der Waals surface area contributed by atoms with Crippen LogP contribution < -0.4 is 0 Å². The van der Waals surface area contributed by atoms with E-state index in [1.54, 1.807) is 6.92 Å². The highest BCUT2D eigenvalue weighted by atomic mass is 32.2. The Morgan fingerprint density at radius 2 is 2.08 bits per heavy atom. The van der Waals surface area contributed by atoms with E-state index in [2.05, 4.69) is 0 Å². The van der Waals surface area contributed by atoms with Gasteiger partial charge in [-0.3, -0.25) is 4.79 Å². The highest BCUT2D eigenvalue weighted by Crippen LogP contribution is 2.22. The molecule has 0 saturated heterocycles. The van der Waals surface area contributed by atoms with Crippen LogP contribution in [-0.4, -0.2) is 22.6 Å². The first kappa shape index (κ1) is 12.0. The Labute approximate surface area is 78.7 Å². The number of hydrogen-bond acceptors (Lipinski definition) is 3. The molecule has 0 unspecified atom stereocenters. The Morgan fingerprint density at radius 1 is 1.50 bits per heavy atom. The van der Waals surface area contributed by atoms with Gasteiger partial charge in [0.1, 0.15) is 0 Å². The van der Waals surface area contributed by atoms with E-state index in [0.29, 0.717) is 0 Å². The number of aliphatic hydroxyl groups excluding tert-OH is 1. The quantitative estimate of drug-likeness (QED) is 0.674. The minimum Gasteiger partial charge on any atom is -0.396 e. The molecule has 1 N–H and O–H groups in total. The molecule has 3 heteroatoms. The van der Waals surface area contributed by atoms with Crippen LogP contribution in [0.1, 0.15) is 33.6 Å². The lowest BCUT2D eigenvalue weighted by atomic mass is 9.89. The van der Waals surface area contributed by atoms with Gasteiger partial charge in [-0.15, -0.1) is 0 Å². The van der Waals surface area contributed by atoms with Crippen LogP contribution in [0.25, 0.3) is 0 Å². The molecule has 0 heterocycles. The minimum atomic E-state index is 0.0113. The molecule has 0 atom stereocenters. The molecule has 0 bridgehead atoms. The summed E-state index contributed by atoms with van der Waals surface area (Å²) in [6.45, 7) is 5.87. The van der Waals surface area contributed by atoms with Gasteiger partial charge in [-0.2, -0.15) is 0 Å². The minimum absolute atomic E-state index is 0.0113. The molecule has 0 saturated carbocycles. The molecule has 0 aliphatic rings. The molecule has 2 nitrogen and oxygen atoms in total. The monoisotopic (exact) mass is 190 g/mol. The molecular weight excluding hydrogens is 172 g/mol. The van der Waals surface area contributed by atoms with E-state index in [0.717, 1.165) is 18.6 Å². The van der Waals surface area contributed by atoms with Gasteiger partial charge in [0.05, 0.1) is 0 Å². The molecule has 12 heavy (non-hydrogen) atoms. The van der Waals surface area contributed by atoms with Crippen LogP contribution >= 0.6 is 11.8 Å². The molecular formula is C9H18O2S. The van der Waals surface area contributed by atoms with Gasteiger partial charge in [0.25, 0.3) is 0 Å². The van der Waals surface area contributed by atoms with E-state index in [9.17, 15) is 4.79 Å². The van der Waals surface area contributed by atoms with Crippen LogP contribution in [0.3, 0.4) is 0 Å². The first-order valence-electron chi connectivity index (χ1n) is 4.22. The third-order valence-electron chi connectivity index (χ3n) is 1.73. The summed E-state index contributed by atoms with van der Waals surface area (Å²) in [5.74, 6) is 0.874. The van der Waals surface area contributed by atoms with Crippen LogP contribution in [0.2, 0.25) is 0 Å². The number of rotatable bonds is 5. The second-order valence-corrected chi connectivity index (χ2v) is 5.04. The molecule has 0 aromatic carbocycles. The Bertz CT molecular complexity index is 143. The van der Waals surface area contributed by atoms with E-state index < -0.39 is 0 Å². The molecule has 0 aliphatic heterocycles. The lowest BCUT2D eigenvalue weighted by molar-refractivity contribution is -0.109. The van der Waals surface area contributed by atoms with Gasteiger partial charge in [0.2, 0.25) is 0 Å². The number of carbonyl (C=O) groups excluding carboxylic acids is 1. The van der Waals surface area contributed by atoms with Crippen molar-refractivity contribution < 1.29 is 9.90 Å². The van der Waals surface area contributed by atoms with Crippen molar-refractivity contribution in [1.29, 1.82) is 0 Å². The normalized spacial score (nSPS) is 11.7. The summed E-state index contributed by atoms with van der Waals surface area (Å²) in [6, 6.07) is 0. The lowest BCUT2D eigenvalue weighted by Crippen LogP contribution is -2.16. The largest absolute Gasteiger partial charge is 0.396 e. The van der Waals surface area contributed by atoms with Crippen LogP contribution in [0, 0.1) is 5.41 Å². The first-order valence-corrected chi connectivity index (χ1v) is 5.21.